The van der Waals surface area contributed by atoms with Gasteiger partial charge in [0.15, 0.2) is 14.1 Å². The molecule has 0 fully saturated rings. The molecule has 0 radical (unpaired) electrons. The SMILES string of the molecule is CC(C)(C)[Si](C)(C)OCCn1c(=O)c(C(=O)/C=C/c2cncnc2)c(-c2ccccc2)c2ccccc21. The normalized spacial score (nSPS) is 12.4. The van der Waals surface area contributed by atoms with Crippen LogP contribution in [0.2, 0.25) is 18.1 Å². The summed E-state index contributed by atoms with van der Waals surface area (Å²) in [6.45, 7) is 11.7. The predicted octanol–water partition coefficient (Wildman–Crippen LogP) is 6.38. The molecule has 0 spiro atoms. The third-order valence-electron chi connectivity index (χ3n) is 7.07. The lowest BCUT2D eigenvalue weighted by atomic mass is 9.93. The van der Waals surface area contributed by atoms with Gasteiger partial charge < -0.3 is 8.99 Å². The van der Waals surface area contributed by atoms with Gasteiger partial charge in [0.05, 0.1) is 17.7 Å². The highest BCUT2D eigenvalue weighted by Gasteiger charge is 2.37. The largest absolute Gasteiger partial charge is 0.415 e. The first-order valence-electron chi connectivity index (χ1n) is 12.4. The highest BCUT2D eigenvalue weighted by atomic mass is 28.4. The third kappa shape index (κ3) is 5.68. The van der Waals surface area contributed by atoms with E-state index in [0.29, 0.717) is 24.3 Å². The van der Waals surface area contributed by atoms with Crippen LogP contribution in [0.25, 0.3) is 28.1 Å². The van der Waals surface area contributed by atoms with E-state index in [1.165, 1.54) is 12.4 Å². The molecular formula is C30H33N3O3Si. The maximum absolute atomic E-state index is 14.0. The van der Waals surface area contributed by atoms with Crippen molar-refractivity contribution in [2.45, 2.75) is 45.4 Å². The monoisotopic (exact) mass is 511 g/mol. The van der Waals surface area contributed by atoms with Crippen LogP contribution in [0.3, 0.4) is 0 Å². The van der Waals surface area contributed by atoms with Gasteiger partial charge in [0.1, 0.15) is 6.33 Å². The number of carbonyl (C=O) groups excluding carboxylic acids is 1. The summed E-state index contributed by atoms with van der Waals surface area (Å²) in [6.07, 6.45) is 7.72. The fraction of sp³-hybridized carbons (Fsp3) is 0.267. The standard InChI is InChI=1S/C30H33N3O3Si/c1-30(2,3)37(4,5)36-18-17-33-25-14-10-9-13-24(25)27(23-11-7-6-8-12-23)28(29(33)35)26(34)16-15-22-19-31-21-32-20-22/h6-16,19-21H,17-18H2,1-5H3/b16-15+. The maximum atomic E-state index is 14.0. The van der Waals surface area contributed by atoms with Crippen molar-refractivity contribution in [1.29, 1.82) is 0 Å². The molecule has 0 saturated heterocycles. The van der Waals surface area contributed by atoms with Crippen molar-refractivity contribution >= 4 is 31.1 Å². The van der Waals surface area contributed by atoms with Crippen LogP contribution >= 0.6 is 0 Å². The molecule has 4 rings (SSSR count). The van der Waals surface area contributed by atoms with Crippen molar-refractivity contribution in [3.05, 3.63) is 101 Å². The Morgan fingerprint density at radius 2 is 1.65 bits per heavy atom. The molecule has 2 aromatic carbocycles. The highest BCUT2D eigenvalue weighted by molar-refractivity contribution is 6.74. The van der Waals surface area contributed by atoms with Crippen LogP contribution in [0, 0.1) is 0 Å². The number of pyridine rings is 1. The van der Waals surface area contributed by atoms with Crippen LogP contribution in [0.4, 0.5) is 0 Å². The minimum Gasteiger partial charge on any atom is -0.415 e. The number of hydrogen-bond donors (Lipinski definition) is 0. The second-order valence-electron chi connectivity index (χ2n) is 10.6. The number of carbonyl (C=O) groups is 1. The number of benzene rings is 2. The van der Waals surface area contributed by atoms with Crippen LogP contribution in [0.5, 0.6) is 0 Å². The molecule has 0 amide bonds. The zero-order valence-electron chi connectivity index (χ0n) is 22.1. The lowest BCUT2D eigenvalue weighted by Crippen LogP contribution is -2.42. The van der Waals surface area contributed by atoms with E-state index < -0.39 is 8.32 Å². The number of aromatic nitrogens is 3. The minimum absolute atomic E-state index is 0.0598. The number of allylic oxidation sites excluding steroid dienone is 1. The quantitative estimate of drug-likeness (QED) is 0.156. The predicted molar refractivity (Wildman–Crippen MR) is 152 cm³/mol. The minimum atomic E-state index is -2.00. The first kappa shape index (κ1) is 26.4. The zero-order valence-corrected chi connectivity index (χ0v) is 23.1. The maximum Gasteiger partial charge on any atom is 0.262 e. The summed E-state index contributed by atoms with van der Waals surface area (Å²) in [5, 5.41) is 0.907. The Morgan fingerprint density at radius 3 is 2.32 bits per heavy atom. The van der Waals surface area contributed by atoms with Crippen LogP contribution in [0.15, 0.2) is 84.2 Å². The fourth-order valence-electron chi connectivity index (χ4n) is 4.02. The van der Waals surface area contributed by atoms with Gasteiger partial charge in [0.25, 0.3) is 5.56 Å². The summed E-state index contributed by atoms with van der Waals surface area (Å²) in [7, 11) is -2.00. The van der Waals surface area contributed by atoms with E-state index in [2.05, 4.69) is 43.8 Å². The molecule has 0 saturated carbocycles. The van der Waals surface area contributed by atoms with Crippen molar-refractivity contribution in [3.8, 4) is 11.1 Å². The second-order valence-corrected chi connectivity index (χ2v) is 15.4. The Bertz CT molecular complexity index is 1490. The molecule has 0 aliphatic carbocycles. The van der Waals surface area contributed by atoms with Gasteiger partial charge in [-0.15, -0.1) is 0 Å². The van der Waals surface area contributed by atoms with Crippen LogP contribution in [0.1, 0.15) is 36.7 Å². The smallest absolute Gasteiger partial charge is 0.262 e. The Kier molecular flexibility index (Phi) is 7.66. The lowest BCUT2D eigenvalue weighted by molar-refractivity contribution is 0.104. The highest BCUT2D eigenvalue weighted by Crippen LogP contribution is 2.36. The molecule has 0 atom stereocenters. The van der Waals surface area contributed by atoms with Crippen LogP contribution in [-0.4, -0.2) is 35.2 Å². The summed E-state index contributed by atoms with van der Waals surface area (Å²) in [5.41, 5.74) is 2.74. The number of hydrogen-bond acceptors (Lipinski definition) is 5. The van der Waals surface area contributed by atoms with Crippen molar-refractivity contribution in [2.75, 3.05) is 6.61 Å². The van der Waals surface area contributed by atoms with E-state index >= 15 is 0 Å². The van der Waals surface area contributed by atoms with Gasteiger partial charge >= 0.3 is 0 Å². The van der Waals surface area contributed by atoms with E-state index in [1.807, 2.05) is 54.6 Å². The molecule has 0 unspecified atom stereocenters. The van der Waals surface area contributed by atoms with E-state index in [9.17, 15) is 9.59 Å². The van der Waals surface area contributed by atoms with Gasteiger partial charge in [-0.1, -0.05) is 69.3 Å². The Labute approximate surface area is 218 Å². The third-order valence-corrected chi connectivity index (χ3v) is 11.6. The molecule has 2 heterocycles. The molecule has 0 aliphatic heterocycles. The number of ketones is 1. The van der Waals surface area contributed by atoms with E-state index in [1.54, 1.807) is 23.0 Å². The van der Waals surface area contributed by atoms with Crippen molar-refractivity contribution in [3.63, 3.8) is 0 Å². The number of para-hydroxylation sites is 1. The summed E-state index contributed by atoms with van der Waals surface area (Å²) in [6, 6.07) is 17.3. The molecule has 6 nitrogen and oxygen atoms in total. The van der Waals surface area contributed by atoms with E-state index in [0.717, 1.165) is 16.5 Å². The van der Waals surface area contributed by atoms with Gasteiger partial charge in [-0.3, -0.25) is 9.59 Å². The zero-order chi connectivity index (χ0) is 26.6. The average Bonchev–Trinajstić information content (AvgIpc) is 2.88. The summed E-state index contributed by atoms with van der Waals surface area (Å²) < 4.78 is 8.07. The van der Waals surface area contributed by atoms with Gasteiger partial charge in [0.2, 0.25) is 0 Å². The first-order valence-corrected chi connectivity index (χ1v) is 15.3. The Balaban J connectivity index is 1.86. The molecule has 7 heteroatoms. The number of fused-ring (bicyclic) bond motifs is 1. The topological polar surface area (TPSA) is 74.1 Å². The van der Waals surface area contributed by atoms with Gasteiger partial charge in [-0.05, 0) is 41.9 Å². The Morgan fingerprint density at radius 1 is 1.00 bits per heavy atom. The molecule has 37 heavy (non-hydrogen) atoms. The number of nitrogens with zero attached hydrogens (tertiary/aromatic N) is 3. The summed E-state index contributed by atoms with van der Waals surface area (Å²) in [4.78, 5) is 35.6. The lowest BCUT2D eigenvalue weighted by Gasteiger charge is -2.36. The summed E-state index contributed by atoms with van der Waals surface area (Å²) >= 11 is 0. The van der Waals surface area contributed by atoms with E-state index in [4.69, 9.17) is 4.43 Å². The molecule has 0 bridgehead atoms. The molecule has 0 N–H and O–H groups in total. The van der Waals surface area contributed by atoms with Crippen molar-refractivity contribution in [1.82, 2.24) is 14.5 Å². The van der Waals surface area contributed by atoms with Crippen LogP contribution in [-0.2, 0) is 11.0 Å². The van der Waals surface area contributed by atoms with Crippen molar-refractivity contribution in [2.24, 2.45) is 0 Å². The number of rotatable bonds is 8. The van der Waals surface area contributed by atoms with Gasteiger partial charge in [-0.25, -0.2) is 9.97 Å². The van der Waals surface area contributed by atoms with Gasteiger partial charge in [-0.2, -0.15) is 0 Å². The molecule has 2 aromatic heterocycles. The van der Waals surface area contributed by atoms with Gasteiger partial charge in [0, 0.05) is 35.5 Å². The molecule has 4 aromatic rings. The van der Waals surface area contributed by atoms with E-state index in [-0.39, 0.29) is 21.9 Å². The molecular weight excluding hydrogens is 478 g/mol. The van der Waals surface area contributed by atoms with Crippen LogP contribution < -0.4 is 5.56 Å². The average molecular weight is 512 g/mol. The summed E-state index contributed by atoms with van der Waals surface area (Å²) in [5.74, 6) is -0.363. The Hall–Kier alpha value is -3.68. The molecule has 190 valence electrons. The van der Waals surface area contributed by atoms with Crippen molar-refractivity contribution < 1.29 is 9.22 Å². The first-order chi connectivity index (χ1) is 17.6. The fourth-order valence-corrected chi connectivity index (χ4v) is 5.06. The second kappa shape index (κ2) is 10.7. The molecule has 0 aliphatic rings.